The van der Waals surface area contributed by atoms with Gasteiger partial charge in [-0.15, -0.1) is 11.3 Å². The normalized spacial score (nSPS) is 12.7. The van der Waals surface area contributed by atoms with Gasteiger partial charge in [0.1, 0.15) is 5.01 Å². The summed E-state index contributed by atoms with van der Waals surface area (Å²) in [6, 6.07) is 8.07. The van der Waals surface area contributed by atoms with E-state index in [-0.39, 0.29) is 6.10 Å². The molecule has 1 N–H and O–H groups in total. The quantitative estimate of drug-likeness (QED) is 0.941. The van der Waals surface area contributed by atoms with E-state index >= 15 is 0 Å². The Labute approximate surface area is 107 Å². The second-order valence-corrected chi connectivity index (χ2v) is 5.73. The number of hydrogen-bond donors (Lipinski definition) is 1. The summed E-state index contributed by atoms with van der Waals surface area (Å²) in [5.74, 6) is 0. The van der Waals surface area contributed by atoms with Crippen molar-refractivity contribution in [3.8, 4) is 10.6 Å². The molecule has 0 bridgehead atoms. The summed E-state index contributed by atoms with van der Waals surface area (Å²) in [4.78, 5) is 5.48. The van der Waals surface area contributed by atoms with Crippen LogP contribution in [0.2, 0.25) is 0 Å². The molecule has 1 aromatic heterocycles. The van der Waals surface area contributed by atoms with Gasteiger partial charge in [-0.1, -0.05) is 28.1 Å². The molecule has 2 aromatic rings. The maximum Gasteiger partial charge on any atom is 0.123 e. The minimum Gasteiger partial charge on any atom is -0.393 e. The first-order chi connectivity index (χ1) is 7.65. The van der Waals surface area contributed by atoms with Gasteiger partial charge in [-0.2, -0.15) is 0 Å². The van der Waals surface area contributed by atoms with Crippen molar-refractivity contribution in [3.63, 3.8) is 0 Å². The molecule has 4 heteroatoms. The Morgan fingerprint density at radius 2 is 2.31 bits per heavy atom. The molecule has 16 heavy (non-hydrogen) atoms. The predicted molar refractivity (Wildman–Crippen MR) is 70.6 cm³/mol. The fraction of sp³-hybridized carbons (Fsp3) is 0.250. The van der Waals surface area contributed by atoms with Crippen LogP contribution in [0.4, 0.5) is 0 Å². The van der Waals surface area contributed by atoms with Crippen LogP contribution in [0.3, 0.4) is 0 Å². The van der Waals surface area contributed by atoms with Crippen molar-refractivity contribution >= 4 is 27.3 Å². The van der Waals surface area contributed by atoms with E-state index in [1.54, 1.807) is 18.3 Å². The summed E-state index contributed by atoms with van der Waals surface area (Å²) in [5, 5.41) is 10.3. The third-order valence-corrected chi connectivity index (χ3v) is 3.68. The van der Waals surface area contributed by atoms with E-state index in [2.05, 4.69) is 20.9 Å². The van der Waals surface area contributed by atoms with Gasteiger partial charge in [0.05, 0.1) is 6.10 Å². The van der Waals surface area contributed by atoms with E-state index in [0.29, 0.717) is 6.42 Å². The van der Waals surface area contributed by atoms with Crippen LogP contribution >= 0.6 is 27.3 Å². The highest BCUT2D eigenvalue weighted by molar-refractivity contribution is 9.10. The smallest absolute Gasteiger partial charge is 0.123 e. The molecule has 84 valence electrons. The molecule has 0 radical (unpaired) electrons. The maximum absolute atomic E-state index is 9.30. The lowest BCUT2D eigenvalue weighted by atomic mass is 10.2. The summed E-state index contributed by atoms with van der Waals surface area (Å²) in [5.41, 5.74) is 1.11. The highest BCUT2D eigenvalue weighted by atomic mass is 79.9. The fourth-order valence-corrected chi connectivity index (χ4v) is 2.88. The van der Waals surface area contributed by atoms with Gasteiger partial charge in [-0.25, -0.2) is 4.98 Å². The number of aromatic nitrogens is 1. The molecule has 1 heterocycles. The average molecular weight is 298 g/mol. The van der Waals surface area contributed by atoms with Crippen molar-refractivity contribution in [2.24, 2.45) is 0 Å². The molecule has 0 saturated heterocycles. The predicted octanol–water partition coefficient (Wildman–Crippen LogP) is 3.50. The number of benzene rings is 1. The number of halogens is 1. The van der Waals surface area contributed by atoms with Crippen LogP contribution in [-0.4, -0.2) is 16.2 Å². The van der Waals surface area contributed by atoms with Crippen molar-refractivity contribution in [1.29, 1.82) is 0 Å². The number of aliphatic hydroxyl groups excluding tert-OH is 1. The van der Waals surface area contributed by atoms with Gasteiger partial charge in [-0.05, 0) is 19.1 Å². The summed E-state index contributed by atoms with van der Waals surface area (Å²) >= 11 is 5.07. The molecule has 2 nitrogen and oxygen atoms in total. The maximum atomic E-state index is 9.30. The zero-order valence-electron chi connectivity index (χ0n) is 8.85. The highest BCUT2D eigenvalue weighted by Gasteiger charge is 2.06. The van der Waals surface area contributed by atoms with Gasteiger partial charge in [-0.3, -0.25) is 0 Å². The fourth-order valence-electron chi connectivity index (χ4n) is 1.45. The van der Waals surface area contributed by atoms with E-state index in [1.165, 1.54) is 0 Å². The Kier molecular flexibility index (Phi) is 3.74. The first-order valence-electron chi connectivity index (χ1n) is 5.04. The lowest BCUT2D eigenvalue weighted by molar-refractivity contribution is 0.196. The molecule has 0 amide bonds. The second kappa shape index (κ2) is 5.08. The number of hydrogen-bond acceptors (Lipinski definition) is 3. The van der Waals surface area contributed by atoms with Crippen molar-refractivity contribution < 1.29 is 5.11 Å². The van der Waals surface area contributed by atoms with Crippen molar-refractivity contribution in [1.82, 2.24) is 4.98 Å². The molecule has 1 atom stereocenters. The zero-order valence-corrected chi connectivity index (χ0v) is 11.3. The van der Waals surface area contributed by atoms with Crippen LogP contribution in [0.1, 0.15) is 11.8 Å². The van der Waals surface area contributed by atoms with Crippen LogP contribution in [0.15, 0.2) is 34.9 Å². The summed E-state index contributed by atoms with van der Waals surface area (Å²) in [7, 11) is 0. The first kappa shape index (κ1) is 11.8. The monoisotopic (exact) mass is 297 g/mol. The summed E-state index contributed by atoms with van der Waals surface area (Å²) in [6.45, 7) is 1.79. The molecule has 0 aliphatic carbocycles. The van der Waals surface area contributed by atoms with Gasteiger partial charge >= 0.3 is 0 Å². The van der Waals surface area contributed by atoms with Gasteiger partial charge in [0, 0.05) is 27.5 Å². The Morgan fingerprint density at radius 3 is 3.00 bits per heavy atom. The van der Waals surface area contributed by atoms with Crippen molar-refractivity contribution in [2.45, 2.75) is 19.4 Å². The minimum atomic E-state index is -0.309. The number of nitrogens with zero attached hydrogens (tertiary/aromatic N) is 1. The van der Waals surface area contributed by atoms with Crippen LogP contribution < -0.4 is 0 Å². The van der Waals surface area contributed by atoms with E-state index in [1.807, 2.05) is 30.5 Å². The third-order valence-electron chi connectivity index (χ3n) is 2.12. The van der Waals surface area contributed by atoms with Gasteiger partial charge in [0.15, 0.2) is 0 Å². The SMILES string of the molecule is CC(O)Cc1cnc(-c2cccc(Br)c2)s1. The van der Waals surface area contributed by atoms with Gasteiger partial charge in [0.2, 0.25) is 0 Å². The Balaban J connectivity index is 2.24. The zero-order chi connectivity index (χ0) is 11.5. The van der Waals surface area contributed by atoms with E-state index in [0.717, 1.165) is 19.9 Å². The van der Waals surface area contributed by atoms with Crippen molar-refractivity contribution in [2.75, 3.05) is 0 Å². The van der Waals surface area contributed by atoms with Crippen LogP contribution in [0, 0.1) is 0 Å². The molecular weight excluding hydrogens is 286 g/mol. The Hall–Kier alpha value is -0.710. The molecule has 0 fully saturated rings. The summed E-state index contributed by atoms with van der Waals surface area (Å²) < 4.78 is 1.05. The molecule has 1 aromatic carbocycles. The van der Waals surface area contributed by atoms with Crippen LogP contribution in [0.5, 0.6) is 0 Å². The van der Waals surface area contributed by atoms with Gasteiger partial charge in [0.25, 0.3) is 0 Å². The molecule has 0 aliphatic heterocycles. The second-order valence-electron chi connectivity index (χ2n) is 3.70. The topological polar surface area (TPSA) is 33.1 Å². The summed E-state index contributed by atoms with van der Waals surface area (Å²) in [6.07, 6.45) is 2.20. The molecule has 2 rings (SSSR count). The van der Waals surface area contributed by atoms with Gasteiger partial charge < -0.3 is 5.11 Å². The molecule has 0 aliphatic rings. The Morgan fingerprint density at radius 1 is 1.50 bits per heavy atom. The Bertz CT molecular complexity index is 481. The third kappa shape index (κ3) is 2.90. The molecular formula is C12H12BrNOS. The molecule has 0 spiro atoms. The number of aliphatic hydroxyl groups is 1. The van der Waals surface area contributed by atoms with E-state index in [4.69, 9.17) is 0 Å². The van der Waals surface area contributed by atoms with Crippen LogP contribution in [-0.2, 0) is 6.42 Å². The lowest BCUT2D eigenvalue weighted by Crippen LogP contribution is -2.01. The van der Waals surface area contributed by atoms with E-state index in [9.17, 15) is 5.11 Å². The molecule has 1 unspecified atom stereocenters. The van der Waals surface area contributed by atoms with Crippen molar-refractivity contribution in [3.05, 3.63) is 39.8 Å². The van der Waals surface area contributed by atoms with Crippen LogP contribution in [0.25, 0.3) is 10.6 Å². The highest BCUT2D eigenvalue weighted by Crippen LogP contribution is 2.27. The largest absolute Gasteiger partial charge is 0.393 e. The number of rotatable bonds is 3. The molecule has 0 saturated carbocycles. The average Bonchev–Trinajstić information content (AvgIpc) is 2.65. The van der Waals surface area contributed by atoms with E-state index < -0.39 is 0 Å². The number of thiazole rings is 1. The minimum absolute atomic E-state index is 0.309. The standard InChI is InChI=1S/C12H12BrNOS/c1-8(15)5-11-7-14-12(16-11)9-3-2-4-10(13)6-9/h2-4,6-8,15H,5H2,1H3. The lowest BCUT2D eigenvalue weighted by Gasteiger charge is -1.99. The first-order valence-corrected chi connectivity index (χ1v) is 6.65.